The summed E-state index contributed by atoms with van der Waals surface area (Å²) in [6.07, 6.45) is 4.28. The van der Waals surface area contributed by atoms with Gasteiger partial charge in [-0.1, -0.05) is 0 Å². The van der Waals surface area contributed by atoms with E-state index in [0.717, 1.165) is 24.3 Å². The van der Waals surface area contributed by atoms with Gasteiger partial charge < -0.3 is 15.7 Å². The number of rotatable bonds is 5. The van der Waals surface area contributed by atoms with E-state index in [0.29, 0.717) is 0 Å². The second kappa shape index (κ2) is 5.37. The zero-order chi connectivity index (χ0) is 9.52. The molecule has 0 radical (unpaired) electrons. The Labute approximate surface area is 78.0 Å². The first-order valence-corrected chi connectivity index (χ1v) is 4.34. The number of aliphatic hydroxyl groups excluding tert-OH is 1. The van der Waals surface area contributed by atoms with Gasteiger partial charge in [0.25, 0.3) is 0 Å². The topological polar surface area (TPSA) is 57.2 Å². The lowest BCUT2D eigenvalue weighted by molar-refractivity contribution is 0.292. The van der Waals surface area contributed by atoms with E-state index in [1.54, 1.807) is 12.4 Å². The highest BCUT2D eigenvalue weighted by atomic mass is 16.3. The molecule has 3 N–H and O–H groups in total. The Morgan fingerprint density at radius 2 is 2.15 bits per heavy atom. The fourth-order valence-electron chi connectivity index (χ4n) is 0.985. The average Bonchev–Trinajstić information content (AvgIpc) is 2.19. The highest BCUT2D eigenvalue weighted by Crippen LogP contribution is 2.11. The molecule has 1 aromatic rings. The SMILES string of the molecule is CNc1cncc(NCCCO)c1. The van der Waals surface area contributed by atoms with Crippen molar-refractivity contribution in [2.75, 3.05) is 30.8 Å². The fraction of sp³-hybridized carbons (Fsp3) is 0.444. The first kappa shape index (κ1) is 9.80. The van der Waals surface area contributed by atoms with E-state index in [4.69, 9.17) is 5.11 Å². The van der Waals surface area contributed by atoms with Crippen molar-refractivity contribution in [3.8, 4) is 0 Å². The first-order chi connectivity index (χ1) is 6.36. The van der Waals surface area contributed by atoms with Crippen LogP contribution in [-0.2, 0) is 0 Å². The summed E-state index contributed by atoms with van der Waals surface area (Å²) in [5.74, 6) is 0. The highest BCUT2D eigenvalue weighted by molar-refractivity contribution is 5.53. The van der Waals surface area contributed by atoms with E-state index in [1.165, 1.54) is 0 Å². The van der Waals surface area contributed by atoms with Crippen molar-refractivity contribution in [1.82, 2.24) is 4.98 Å². The molecule has 0 aliphatic rings. The van der Waals surface area contributed by atoms with Gasteiger partial charge in [0.1, 0.15) is 0 Å². The van der Waals surface area contributed by atoms with Gasteiger partial charge >= 0.3 is 0 Å². The predicted molar refractivity (Wildman–Crippen MR) is 54.0 cm³/mol. The third kappa shape index (κ3) is 3.29. The van der Waals surface area contributed by atoms with E-state index in [1.807, 2.05) is 13.1 Å². The summed E-state index contributed by atoms with van der Waals surface area (Å²) in [4.78, 5) is 4.05. The molecule has 1 heterocycles. The molecule has 13 heavy (non-hydrogen) atoms. The maximum absolute atomic E-state index is 8.58. The number of hydrogen-bond donors (Lipinski definition) is 3. The molecule has 0 saturated carbocycles. The van der Waals surface area contributed by atoms with Crippen LogP contribution in [0.5, 0.6) is 0 Å². The van der Waals surface area contributed by atoms with Crippen LogP contribution in [0.15, 0.2) is 18.5 Å². The molecule has 72 valence electrons. The Morgan fingerprint density at radius 1 is 1.38 bits per heavy atom. The largest absolute Gasteiger partial charge is 0.396 e. The Bertz CT molecular complexity index is 252. The van der Waals surface area contributed by atoms with Crippen LogP contribution in [0.25, 0.3) is 0 Å². The van der Waals surface area contributed by atoms with Crippen LogP contribution in [0.1, 0.15) is 6.42 Å². The van der Waals surface area contributed by atoms with Crippen molar-refractivity contribution in [1.29, 1.82) is 0 Å². The molecule has 0 fully saturated rings. The minimum absolute atomic E-state index is 0.214. The minimum atomic E-state index is 0.214. The molecule has 0 aliphatic carbocycles. The normalized spacial score (nSPS) is 9.69. The molecule has 0 bridgehead atoms. The van der Waals surface area contributed by atoms with Gasteiger partial charge in [0.15, 0.2) is 0 Å². The molecule has 0 aromatic carbocycles. The van der Waals surface area contributed by atoms with Crippen molar-refractivity contribution >= 4 is 11.4 Å². The number of anilines is 2. The van der Waals surface area contributed by atoms with Crippen LogP contribution in [0.2, 0.25) is 0 Å². The van der Waals surface area contributed by atoms with Crippen molar-refractivity contribution in [2.45, 2.75) is 6.42 Å². The first-order valence-electron chi connectivity index (χ1n) is 4.34. The predicted octanol–water partition coefficient (Wildman–Crippen LogP) is 0.918. The molecule has 0 amide bonds. The van der Waals surface area contributed by atoms with Crippen molar-refractivity contribution in [3.63, 3.8) is 0 Å². The van der Waals surface area contributed by atoms with Gasteiger partial charge in [-0.15, -0.1) is 0 Å². The third-order valence-corrected chi connectivity index (χ3v) is 1.69. The van der Waals surface area contributed by atoms with Crippen LogP contribution in [0.3, 0.4) is 0 Å². The zero-order valence-corrected chi connectivity index (χ0v) is 7.75. The molecule has 0 spiro atoms. The summed E-state index contributed by atoms with van der Waals surface area (Å²) in [5.41, 5.74) is 1.95. The second-order valence-electron chi connectivity index (χ2n) is 2.72. The fourth-order valence-corrected chi connectivity index (χ4v) is 0.985. The number of nitrogens with zero attached hydrogens (tertiary/aromatic N) is 1. The standard InChI is InChI=1S/C9H15N3O/c1-10-8-5-9(7-11-6-8)12-3-2-4-13/h5-7,10,12-13H,2-4H2,1H3. The summed E-state index contributed by atoms with van der Waals surface area (Å²) in [6, 6.07) is 1.98. The van der Waals surface area contributed by atoms with E-state index >= 15 is 0 Å². The lowest BCUT2D eigenvalue weighted by Crippen LogP contribution is -2.04. The van der Waals surface area contributed by atoms with Gasteiger partial charge in [-0.2, -0.15) is 0 Å². The minimum Gasteiger partial charge on any atom is -0.396 e. The number of aliphatic hydroxyl groups is 1. The summed E-state index contributed by atoms with van der Waals surface area (Å²) >= 11 is 0. The Morgan fingerprint density at radius 3 is 2.85 bits per heavy atom. The van der Waals surface area contributed by atoms with E-state index in [-0.39, 0.29) is 6.61 Å². The highest BCUT2D eigenvalue weighted by Gasteiger charge is 1.93. The average molecular weight is 181 g/mol. The lowest BCUT2D eigenvalue weighted by atomic mass is 10.3. The second-order valence-corrected chi connectivity index (χ2v) is 2.72. The molecule has 4 heteroatoms. The summed E-state index contributed by atoms with van der Waals surface area (Å²) in [6.45, 7) is 0.984. The van der Waals surface area contributed by atoms with Crippen molar-refractivity contribution in [2.24, 2.45) is 0 Å². The monoisotopic (exact) mass is 181 g/mol. The zero-order valence-electron chi connectivity index (χ0n) is 7.75. The van der Waals surface area contributed by atoms with Crippen LogP contribution >= 0.6 is 0 Å². The molecule has 0 atom stereocenters. The van der Waals surface area contributed by atoms with Gasteiger partial charge in [-0.3, -0.25) is 4.98 Å². The Kier molecular flexibility index (Phi) is 4.05. The van der Waals surface area contributed by atoms with Crippen LogP contribution < -0.4 is 10.6 Å². The molecule has 0 saturated heterocycles. The Balaban J connectivity index is 2.46. The van der Waals surface area contributed by atoms with Crippen LogP contribution in [-0.4, -0.2) is 30.3 Å². The number of hydrogen-bond acceptors (Lipinski definition) is 4. The number of nitrogens with one attached hydrogen (secondary N) is 2. The number of aromatic nitrogens is 1. The molecule has 0 aliphatic heterocycles. The number of pyridine rings is 1. The third-order valence-electron chi connectivity index (χ3n) is 1.69. The van der Waals surface area contributed by atoms with Crippen molar-refractivity contribution < 1.29 is 5.11 Å². The van der Waals surface area contributed by atoms with Crippen molar-refractivity contribution in [3.05, 3.63) is 18.5 Å². The molecular formula is C9H15N3O. The quantitative estimate of drug-likeness (QED) is 0.591. The van der Waals surface area contributed by atoms with E-state index < -0.39 is 0 Å². The van der Waals surface area contributed by atoms with E-state index in [9.17, 15) is 0 Å². The molecular weight excluding hydrogens is 166 g/mol. The molecule has 1 aromatic heterocycles. The summed E-state index contributed by atoms with van der Waals surface area (Å²) in [5, 5.41) is 14.7. The van der Waals surface area contributed by atoms with Gasteiger partial charge in [0.05, 0.1) is 23.8 Å². The van der Waals surface area contributed by atoms with Gasteiger partial charge in [0, 0.05) is 20.2 Å². The van der Waals surface area contributed by atoms with Gasteiger partial charge in [-0.25, -0.2) is 0 Å². The molecule has 1 rings (SSSR count). The Hall–Kier alpha value is -1.29. The molecule has 0 unspecified atom stereocenters. The van der Waals surface area contributed by atoms with Gasteiger partial charge in [0.2, 0.25) is 0 Å². The van der Waals surface area contributed by atoms with Crippen LogP contribution in [0, 0.1) is 0 Å². The smallest absolute Gasteiger partial charge is 0.0547 e. The summed E-state index contributed by atoms with van der Waals surface area (Å²) in [7, 11) is 1.86. The lowest BCUT2D eigenvalue weighted by Gasteiger charge is -2.06. The van der Waals surface area contributed by atoms with Gasteiger partial charge in [-0.05, 0) is 12.5 Å². The van der Waals surface area contributed by atoms with Crippen LogP contribution in [0.4, 0.5) is 11.4 Å². The maximum Gasteiger partial charge on any atom is 0.0547 e. The maximum atomic E-state index is 8.58. The molecule has 4 nitrogen and oxygen atoms in total. The van der Waals surface area contributed by atoms with E-state index in [2.05, 4.69) is 15.6 Å². The summed E-state index contributed by atoms with van der Waals surface area (Å²) < 4.78 is 0.